The summed E-state index contributed by atoms with van der Waals surface area (Å²) in [6.07, 6.45) is -41.1. The summed E-state index contributed by atoms with van der Waals surface area (Å²) in [5.41, 5.74) is 0. The van der Waals surface area contributed by atoms with Gasteiger partial charge >= 0.3 is 23.9 Å². The lowest BCUT2D eigenvalue weighted by Gasteiger charge is -2.48. The van der Waals surface area contributed by atoms with Crippen molar-refractivity contribution in [3.05, 3.63) is 0 Å². The third-order valence-corrected chi connectivity index (χ3v) is 8.91. The molecule has 0 aliphatic carbocycles. The number of carboxylic acids is 2. The summed E-state index contributed by atoms with van der Waals surface area (Å²) in [5, 5.41) is 105. The number of carbonyl (C=O) groups excluding carboxylic acids is 2. The van der Waals surface area contributed by atoms with Crippen LogP contribution >= 0.6 is 0 Å². The van der Waals surface area contributed by atoms with Crippen LogP contribution in [0, 0.1) is 0 Å². The van der Waals surface area contributed by atoms with Crippen LogP contribution in [0.1, 0.15) is 0 Å². The maximum Gasteiger partial charge on any atom is 0.337 e. The molecule has 304 valence electrons. The van der Waals surface area contributed by atoms with Crippen molar-refractivity contribution in [2.45, 2.75) is 123 Å². The Morgan fingerprint density at radius 2 is 0.679 bits per heavy atom. The molecule has 4 heterocycles. The Balaban J connectivity index is 1.56. The van der Waals surface area contributed by atoms with Gasteiger partial charge in [-0.3, -0.25) is 0 Å². The second-order valence-corrected chi connectivity index (χ2v) is 12.1. The highest BCUT2D eigenvalue weighted by Crippen LogP contribution is 2.35. The number of aliphatic hydroxyl groups excluding tert-OH is 8. The number of hydrogen-bond acceptors (Lipinski definition) is 23. The van der Waals surface area contributed by atoms with Gasteiger partial charge < -0.3 is 103 Å². The molecular weight excluding hydrogens is 736 g/mol. The number of carbonyl (C=O) groups is 4. The SMILES string of the molecule is COC(=O)C1O[C@H](O[C@H]2C(C(=O)OC)O[C@H](O[C@H]3C(C(=O)O)O[C@H](OC)C(O)C3O)C(O)C2O)C(O)C(O)[C@H]1O[C@H]1OC(C(=O)O)[C@H](OC)C(O)C1O. The molecule has 0 aromatic heterocycles. The molecule has 10 N–H and O–H groups in total. The van der Waals surface area contributed by atoms with Crippen LogP contribution in [0.5, 0.6) is 0 Å². The summed E-state index contributed by atoms with van der Waals surface area (Å²) >= 11 is 0. The molecule has 4 rings (SSSR count). The van der Waals surface area contributed by atoms with Gasteiger partial charge in [0.25, 0.3) is 0 Å². The molecular formula is C28H42O25. The fraction of sp³-hybridized carbons (Fsp3) is 0.857. The minimum Gasteiger partial charge on any atom is -0.479 e. The van der Waals surface area contributed by atoms with Crippen molar-refractivity contribution >= 4 is 23.9 Å². The highest BCUT2D eigenvalue weighted by Gasteiger charge is 2.58. The van der Waals surface area contributed by atoms with Crippen molar-refractivity contribution < 1.29 is 122 Å². The molecule has 0 aromatic carbocycles. The molecule has 25 heteroatoms. The van der Waals surface area contributed by atoms with E-state index in [2.05, 4.69) is 9.47 Å². The van der Waals surface area contributed by atoms with Crippen molar-refractivity contribution in [1.82, 2.24) is 0 Å². The Bertz CT molecular complexity index is 1290. The standard InChI is InChI=1S/C28H42O25/c1-43-13-5(29)10(34)26(51-17(13)21(37)38)48-15-8(32)12(36)28(53-19(15)23(41)44-2)49-16-7(31)11(35)27(52-20(16)24(42)45-3)47-14-6(30)9(33)25(46-4)50-18(14)22(39)40/h5-20,25-36H,1-4H3,(H,37,38)(H,39,40)/t5?,6?,7?,8?,9?,10?,11?,12?,13-,14-,15-,16-,17?,18?,19?,20?,25+,26+,27+,28+/m1/s1. The van der Waals surface area contributed by atoms with Crippen LogP contribution in [0.3, 0.4) is 0 Å². The van der Waals surface area contributed by atoms with E-state index in [1.165, 1.54) is 0 Å². The summed E-state index contributed by atoms with van der Waals surface area (Å²) < 4.78 is 56.7. The van der Waals surface area contributed by atoms with Crippen molar-refractivity contribution in [1.29, 1.82) is 0 Å². The summed E-state index contributed by atoms with van der Waals surface area (Å²) in [6, 6.07) is 0. The van der Waals surface area contributed by atoms with E-state index >= 15 is 0 Å². The first-order chi connectivity index (χ1) is 24.9. The molecule has 12 unspecified atom stereocenters. The summed E-state index contributed by atoms with van der Waals surface area (Å²) in [6.45, 7) is 0. The largest absolute Gasteiger partial charge is 0.479 e. The van der Waals surface area contributed by atoms with Crippen molar-refractivity contribution in [3.63, 3.8) is 0 Å². The zero-order valence-electron chi connectivity index (χ0n) is 28.1. The van der Waals surface area contributed by atoms with Crippen LogP contribution in [-0.2, 0) is 71.3 Å². The van der Waals surface area contributed by atoms with E-state index in [1.54, 1.807) is 0 Å². The molecule has 4 aliphatic rings. The first kappa shape index (κ1) is 42.9. The molecule has 4 aliphatic heterocycles. The smallest absolute Gasteiger partial charge is 0.337 e. The minimum atomic E-state index is -2.29. The van der Waals surface area contributed by atoms with E-state index in [0.29, 0.717) is 0 Å². The second-order valence-electron chi connectivity index (χ2n) is 12.1. The fourth-order valence-electron chi connectivity index (χ4n) is 6.07. The van der Waals surface area contributed by atoms with Gasteiger partial charge in [0.2, 0.25) is 0 Å². The number of methoxy groups -OCH3 is 4. The normalized spacial score (nSPS) is 46.3. The highest BCUT2D eigenvalue weighted by molar-refractivity contribution is 5.76. The lowest BCUT2D eigenvalue weighted by molar-refractivity contribution is -0.379. The van der Waals surface area contributed by atoms with E-state index in [1.807, 2.05) is 0 Å². The van der Waals surface area contributed by atoms with Gasteiger partial charge in [-0.05, 0) is 0 Å². The van der Waals surface area contributed by atoms with Crippen LogP contribution in [0.4, 0.5) is 0 Å². The Labute approximate surface area is 297 Å². The highest BCUT2D eigenvalue weighted by atomic mass is 16.8. The van der Waals surface area contributed by atoms with Crippen LogP contribution in [0.2, 0.25) is 0 Å². The zero-order chi connectivity index (χ0) is 39.6. The topological polar surface area (TPSA) is 372 Å². The lowest BCUT2D eigenvalue weighted by atomic mass is 9.95. The predicted octanol–water partition coefficient (Wildman–Crippen LogP) is -7.89. The Hall–Kier alpha value is -2.80. The number of aliphatic hydroxyl groups is 8. The third kappa shape index (κ3) is 8.55. The monoisotopic (exact) mass is 778 g/mol. The second kappa shape index (κ2) is 17.8. The molecule has 4 fully saturated rings. The average molecular weight is 779 g/mol. The first-order valence-electron chi connectivity index (χ1n) is 15.6. The molecule has 0 radical (unpaired) electrons. The van der Waals surface area contributed by atoms with Crippen molar-refractivity contribution in [2.75, 3.05) is 28.4 Å². The van der Waals surface area contributed by atoms with E-state index in [-0.39, 0.29) is 0 Å². The Morgan fingerprint density at radius 3 is 1.00 bits per heavy atom. The fourth-order valence-corrected chi connectivity index (χ4v) is 6.07. The molecule has 53 heavy (non-hydrogen) atoms. The van der Waals surface area contributed by atoms with Gasteiger partial charge in [0, 0.05) is 14.2 Å². The molecule has 4 saturated heterocycles. The molecule has 0 aromatic rings. The molecule has 25 nitrogen and oxygen atoms in total. The van der Waals surface area contributed by atoms with Crippen LogP contribution < -0.4 is 0 Å². The molecule has 0 spiro atoms. The van der Waals surface area contributed by atoms with Crippen molar-refractivity contribution in [3.8, 4) is 0 Å². The van der Waals surface area contributed by atoms with E-state index in [9.17, 15) is 70.2 Å². The molecule has 0 saturated carbocycles. The number of carboxylic acid groups (broad SMARTS) is 2. The number of ether oxygens (including phenoxy) is 11. The average Bonchev–Trinajstić information content (AvgIpc) is 3.13. The number of aliphatic carboxylic acids is 2. The summed E-state index contributed by atoms with van der Waals surface area (Å²) in [4.78, 5) is 49.3. The van der Waals surface area contributed by atoms with Gasteiger partial charge in [-0.1, -0.05) is 0 Å². The first-order valence-corrected chi connectivity index (χ1v) is 15.6. The van der Waals surface area contributed by atoms with E-state index in [0.717, 1.165) is 28.4 Å². The molecule has 0 bridgehead atoms. The van der Waals surface area contributed by atoms with Crippen LogP contribution in [0.25, 0.3) is 0 Å². The maximum atomic E-state index is 12.8. The maximum absolute atomic E-state index is 12.8. The van der Waals surface area contributed by atoms with Gasteiger partial charge in [0.15, 0.2) is 49.6 Å². The van der Waals surface area contributed by atoms with Gasteiger partial charge in [-0.25, -0.2) is 19.2 Å². The number of rotatable bonds is 12. The van der Waals surface area contributed by atoms with E-state index < -0.39 is 147 Å². The van der Waals surface area contributed by atoms with Gasteiger partial charge in [-0.15, -0.1) is 0 Å². The Morgan fingerprint density at radius 1 is 0.396 bits per heavy atom. The van der Waals surface area contributed by atoms with Crippen LogP contribution in [0.15, 0.2) is 0 Å². The van der Waals surface area contributed by atoms with Crippen molar-refractivity contribution in [2.24, 2.45) is 0 Å². The summed E-state index contributed by atoms with van der Waals surface area (Å²) in [7, 11) is 3.81. The zero-order valence-corrected chi connectivity index (χ0v) is 28.1. The molecule has 0 amide bonds. The summed E-state index contributed by atoms with van der Waals surface area (Å²) in [5.74, 6) is -6.02. The van der Waals surface area contributed by atoms with Crippen LogP contribution in [-0.4, -0.2) is 226 Å². The predicted molar refractivity (Wildman–Crippen MR) is 154 cm³/mol. The number of hydrogen-bond donors (Lipinski definition) is 10. The minimum absolute atomic E-state index is 0.865. The van der Waals surface area contributed by atoms with Gasteiger partial charge in [0.05, 0.1) is 14.2 Å². The van der Waals surface area contributed by atoms with E-state index in [4.69, 9.17) is 42.6 Å². The number of esters is 2. The van der Waals surface area contributed by atoms with Gasteiger partial charge in [0.1, 0.15) is 73.2 Å². The Kier molecular flexibility index (Phi) is 14.4. The lowest BCUT2D eigenvalue weighted by Crippen LogP contribution is -2.68. The van der Waals surface area contributed by atoms with Gasteiger partial charge in [-0.2, -0.15) is 0 Å². The quantitative estimate of drug-likeness (QED) is 0.0822. The third-order valence-electron chi connectivity index (χ3n) is 8.91. The molecule has 20 atom stereocenters.